The van der Waals surface area contributed by atoms with Gasteiger partial charge in [-0.1, -0.05) is 65.7 Å². The molecule has 0 saturated carbocycles. The number of hydrogen-bond donors (Lipinski definition) is 1. The molecule has 1 nitrogen and oxygen atoms in total. The quantitative estimate of drug-likeness (QED) is 0.783. The summed E-state index contributed by atoms with van der Waals surface area (Å²) in [4.78, 5) is 0. The van der Waals surface area contributed by atoms with E-state index in [-0.39, 0.29) is 0 Å². The van der Waals surface area contributed by atoms with Gasteiger partial charge in [0.25, 0.3) is 0 Å². The van der Waals surface area contributed by atoms with Gasteiger partial charge in [-0.2, -0.15) is 0 Å². The first-order valence-electron chi connectivity index (χ1n) is 7.20. The van der Waals surface area contributed by atoms with Crippen molar-refractivity contribution in [2.45, 2.75) is 38.7 Å². The van der Waals surface area contributed by atoms with Crippen LogP contribution >= 0.6 is 15.9 Å². The first kappa shape index (κ1) is 15.3. The van der Waals surface area contributed by atoms with Crippen LogP contribution in [0, 0.1) is 0 Å². The molecule has 20 heavy (non-hydrogen) atoms. The predicted molar refractivity (Wildman–Crippen MR) is 87.9 cm³/mol. The van der Waals surface area contributed by atoms with Crippen molar-refractivity contribution < 1.29 is 5.11 Å². The van der Waals surface area contributed by atoms with Gasteiger partial charge < -0.3 is 5.11 Å². The summed E-state index contributed by atoms with van der Waals surface area (Å²) < 4.78 is 1.05. The number of aryl methyl sites for hydroxylation is 1. The zero-order valence-corrected chi connectivity index (χ0v) is 13.4. The first-order valence-corrected chi connectivity index (χ1v) is 7.99. The molecule has 0 bridgehead atoms. The van der Waals surface area contributed by atoms with Gasteiger partial charge >= 0.3 is 0 Å². The molecule has 1 N–H and O–H groups in total. The lowest BCUT2D eigenvalue weighted by atomic mass is 9.99. The maximum atomic E-state index is 10.3. The topological polar surface area (TPSA) is 20.2 Å². The van der Waals surface area contributed by atoms with E-state index >= 15 is 0 Å². The molecule has 0 aliphatic heterocycles. The van der Waals surface area contributed by atoms with Crippen LogP contribution in [-0.4, -0.2) is 5.11 Å². The van der Waals surface area contributed by atoms with E-state index in [2.05, 4.69) is 41.1 Å². The minimum atomic E-state index is -0.440. The van der Waals surface area contributed by atoms with Gasteiger partial charge in [-0.25, -0.2) is 0 Å². The summed E-state index contributed by atoms with van der Waals surface area (Å²) in [6.07, 6.45) is 3.77. The third kappa shape index (κ3) is 4.46. The predicted octanol–water partition coefficient (Wildman–Crippen LogP) is 5.07. The van der Waals surface area contributed by atoms with Crippen LogP contribution in [0.15, 0.2) is 53.0 Å². The minimum Gasteiger partial charge on any atom is -0.388 e. The van der Waals surface area contributed by atoms with Crippen LogP contribution in [0.1, 0.15) is 42.6 Å². The third-order valence-corrected chi connectivity index (χ3v) is 3.99. The Hall–Kier alpha value is -1.12. The summed E-state index contributed by atoms with van der Waals surface area (Å²) in [5.74, 6) is 0. The van der Waals surface area contributed by atoms with Crippen molar-refractivity contribution in [1.82, 2.24) is 0 Å². The first-order chi connectivity index (χ1) is 9.69. The number of rotatable bonds is 6. The zero-order chi connectivity index (χ0) is 14.4. The Kier molecular flexibility index (Phi) is 5.81. The fraction of sp³-hybridized carbons (Fsp3) is 0.333. The molecule has 0 spiro atoms. The molecule has 1 atom stereocenters. The van der Waals surface area contributed by atoms with E-state index in [0.29, 0.717) is 6.42 Å². The summed E-state index contributed by atoms with van der Waals surface area (Å²) in [6.45, 7) is 2.20. The second kappa shape index (κ2) is 7.61. The van der Waals surface area contributed by atoms with Crippen molar-refractivity contribution in [2.24, 2.45) is 0 Å². The highest BCUT2D eigenvalue weighted by Crippen LogP contribution is 2.21. The van der Waals surface area contributed by atoms with E-state index < -0.39 is 6.10 Å². The van der Waals surface area contributed by atoms with E-state index in [9.17, 15) is 5.11 Å². The van der Waals surface area contributed by atoms with Crippen LogP contribution in [0.25, 0.3) is 0 Å². The Morgan fingerprint density at radius 1 is 1.05 bits per heavy atom. The Morgan fingerprint density at radius 3 is 2.45 bits per heavy atom. The molecule has 1 unspecified atom stereocenters. The van der Waals surface area contributed by atoms with E-state index in [1.807, 2.05) is 30.3 Å². The molecule has 2 rings (SSSR count). The molecule has 2 aromatic carbocycles. The Morgan fingerprint density at radius 2 is 1.80 bits per heavy atom. The van der Waals surface area contributed by atoms with E-state index in [0.717, 1.165) is 22.0 Å². The van der Waals surface area contributed by atoms with Crippen LogP contribution < -0.4 is 0 Å². The lowest BCUT2D eigenvalue weighted by molar-refractivity contribution is 0.178. The lowest BCUT2D eigenvalue weighted by Gasteiger charge is -2.12. The standard InChI is InChI=1S/C18H21BrO/c1-2-3-5-14-8-10-16(11-9-14)18(20)13-15-6-4-7-17(19)12-15/h4,6-12,18,20H,2-3,5,13H2,1H3. The van der Waals surface area contributed by atoms with Gasteiger partial charge in [-0.3, -0.25) is 0 Å². The molecule has 0 amide bonds. The molecule has 0 heterocycles. The number of aliphatic hydroxyl groups is 1. The van der Waals surface area contributed by atoms with Crippen molar-refractivity contribution in [1.29, 1.82) is 0 Å². The SMILES string of the molecule is CCCCc1ccc(C(O)Cc2cccc(Br)c2)cc1. The number of halogens is 1. The summed E-state index contributed by atoms with van der Waals surface area (Å²) in [5.41, 5.74) is 3.48. The van der Waals surface area contributed by atoms with Gasteiger partial charge in [0, 0.05) is 10.9 Å². The van der Waals surface area contributed by atoms with Crippen molar-refractivity contribution in [3.63, 3.8) is 0 Å². The molecule has 2 heteroatoms. The molecule has 0 aromatic heterocycles. The number of unbranched alkanes of at least 4 members (excludes halogenated alkanes) is 1. The summed E-state index contributed by atoms with van der Waals surface area (Å²) in [5, 5.41) is 10.3. The third-order valence-electron chi connectivity index (χ3n) is 3.50. The molecule has 0 aliphatic carbocycles. The normalized spacial score (nSPS) is 12.3. The highest BCUT2D eigenvalue weighted by molar-refractivity contribution is 9.10. The van der Waals surface area contributed by atoms with Gasteiger partial charge in [-0.15, -0.1) is 0 Å². The van der Waals surface area contributed by atoms with Crippen molar-refractivity contribution in [2.75, 3.05) is 0 Å². The highest BCUT2D eigenvalue weighted by Gasteiger charge is 2.08. The van der Waals surface area contributed by atoms with Gasteiger partial charge in [0.2, 0.25) is 0 Å². The second-order valence-corrected chi connectivity index (χ2v) is 6.11. The maximum absolute atomic E-state index is 10.3. The van der Waals surface area contributed by atoms with E-state index in [1.54, 1.807) is 0 Å². The van der Waals surface area contributed by atoms with Gasteiger partial charge in [0.05, 0.1) is 6.10 Å². The van der Waals surface area contributed by atoms with Crippen molar-refractivity contribution in [3.8, 4) is 0 Å². The smallest absolute Gasteiger partial charge is 0.0830 e. The Bertz CT molecular complexity index is 533. The largest absolute Gasteiger partial charge is 0.388 e. The molecular weight excluding hydrogens is 312 g/mol. The Labute approximate surface area is 129 Å². The van der Waals surface area contributed by atoms with Crippen molar-refractivity contribution >= 4 is 15.9 Å². The van der Waals surface area contributed by atoms with E-state index in [1.165, 1.54) is 18.4 Å². The molecule has 0 fully saturated rings. The number of benzene rings is 2. The highest BCUT2D eigenvalue weighted by atomic mass is 79.9. The molecule has 2 aromatic rings. The molecular formula is C18H21BrO. The average Bonchev–Trinajstić information content (AvgIpc) is 2.45. The summed E-state index contributed by atoms with van der Waals surface area (Å²) in [7, 11) is 0. The lowest BCUT2D eigenvalue weighted by Crippen LogP contribution is -2.02. The van der Waals surface area contributed by atoms with Crippen LogP contribution in [0.5, 0.6) is 0 Å². The van der Waals surface area contributed by atoms with Gasteiger partial charge in [-0.05, 0) is 41.7 Å². The Balaban J connectivity index is 2.00. The van der Waals surface area contributed by atoms with E-state index in [4.69, 9.17) is 0 Å². The fourth-order valence-electron chi connectivity index (χ4n) is 2.29. The molecule has 106 valence electrons. The van der Waals surface area contributed by atoms with Crippen LogP contribution in [-0.2, 0) is 12.8 Å². The molecule has 0 aliphatic rings. The summed E-state index contributed by atoms with van der Waals surface area (Å²) >= 11 is 3.46. The summed E-state index contributed by atoms with van der Waals surface area (Å²) in [6, 6.07) is 16.5. The van der Waals surface area contributed by atoms with Crippen LogP contribution in [0.3, 0.4) is 0 Å². The number of hydrogen-bond acceptors (Lipinski definition) is 1. The molecule has 0 saturated heterocycles. The minimum absolute atomic E-state index is 0.440. The number of aliphatic hydroxyl groups excluding tert-OH is 1. The maximum Gasteiger partial charge on any atom is 0.0830 e. The van der Waals surface area contributed by atoms with Gasteiger partial charge in [0.15, 0.2) is 0 Å². The molecule has 0 radical (unpaired) electrons. The van der Waals surface area contributed by atoms with Gasteiger partial charge in [0.1, 0.15) is 0 Å². The van der Waals surface area contributed by atoms with Crippen molar-refractivity contribution in [3.05, 3.63) is 69.7 Å². The average molecular weight is 333 g/mol. The fourth-order valence-corrected chi connectivity index (χ4v) is 2.74. The van der Waals surface area contributed by atoms with Crippen LogP contribution in [0.2, 0.25) is 0 Å². The van der Waals surface area contributed by atoms with Crippen LogP contribution in [0.4, 0.5) is 0 Å². The second-order valence-electron chi connectivity index (χ2n) is 5.19. The zero-order valence-electron chi connectivity index (χ0n) is 11.8. The monoisotopic (exact) mass is 332 g/mol.